The molecule has 112 valence electrons. The number of rotatable bonds is 7. The number of hydrogen-bond acceptors (Lipinski definition) is 3. The maximum absolute atomic E-state index is 13.9. The topological polar surface area (TPSA) is 41.5 Å². The molecule has 1 unspecified atom stereocenters. The second kappa shape index (κ2) is 6.61. The van der Waals surface area contributed by atoms with E-state index >= 15 is 0 Å². The molecule has 0 aromatic heterocycles. The van der Waals surface area contributed by atoms with Crippen molar-refractivity contribution in [3.63, 3.8) is 0 Å². The van der Waals surface area contributed by atoms with E-state index in [9.17, 15) is 13.9 Å². The van der Waals surface area contributed by atoms with Crippen LogP contribution < -0.4 is 5.32 Å². The smallest absolute Gasteiger partial charge is 0.130 e. The van der Waals surface area contributed by atoms with E-state index in [2.05, 4.69) is 5.32 Å². The van der Waals surface area contributed by atoms with E-state index < -0.39 is 11.6 Å². The molecule has 0 aliphatic carbocycles. The average Bonchev–Trinajstić information content (AvgIpc) is 2.37. The van der Waals surface area contributed by atoms with Crippen LogP contribution in [-0.2, 0) is 4.74 Å². The van der Waals surface area contributed by atoms with Gasteiger partial charge in [-0.1, -0.05) is 19.4 Å². The van der Waals surface area contributed by atoms with E-state index in [-0.39, 0.29) is 18.1 Å². The lowest BCUT2D eigenvalue weighted by Gasteiger charge is -2.41. The molecule has 1 aromatic rings. The molecule has 1 saturated heterocycles. The molecule has 5 heteroatoms. The second-order valence-electron chi connectivity index (χ2n) is 5.54. The SMILES string of the molecule is CCCC(NCC1(CO)COC1)c1ccc(F)cc1F. The third-order valence-electron chi connectivity index (χ3n) is 3.79. The fourth-order valence-electron chi connectivity index (χ4n) is 2.42. The molecule has 1 atom stereocenters. The quantitative estimate of drug-likeness (QED) is 0.808. The van der Waals surface area contributed by atoms with Crippen molar-refractivity contribution in [2.24, 2.45) is 5.41 Å². The van der Waals surface area contributed by atoms with Gasteiger partial charge in [-0.3, -0.25) is 0 Å². The van der Waals surface area contributed by atoms with Crippen molar-refractivity contribution >= 4 is 0 Å². The van der Waals surface area contributed by atoms with Crippen LogP contribution in [0.5, 0.6) is 0 Å². The van der Waals surface area contributed by atoms with Crippen molar-refractivity contribution in [1.29, 1.82) is 0 Å². The summed E-state index contributed by atoms with van der Waals surface area (Å²) in [6.45, 7) is 3.66. The van der Waals surface area contributed by atoms with E-state index in [1.807, 2.05) is 6.92 Å². The van der Waals surface area contributed by atoms with Crippen molar-refractivity contribution in [2.45, 2.75) is 25.8 Å². The minimum atomic E-state index is -0.569. The van der Waals surface area contributed by atoms with Crippen molar-refractivity contribution < 1.29 is 18.6 Å². The van der Waals surface area contributed by atoms with Crippen LogP contribution in [0.4, 0.5) is 8.78 Å². The van der Waals surface area contributed by atoms with E-state index in [1.54, 1.807) is 0 Å². The summed E-state index contributed by atoms with van der Waals surface area (Å²) in [5.41, 5.74) is 0.212. The molecule has 3 nitrogen and oxygen atoms in total. The van der Waals surface area contributed by atoms with Gasteiger partial charge < -0.3 is 15.2 Å². The fourth-order valence-corrected chi connectivity index (χ4v) is 2.42. The number of aliphatic hydroxyl groups excluding tert-OH is 1. The van der Waals surface area contributed by atoms with Crippen LogP contribution in [0.3, 0.4) is 0 Å². The Labute approximate surface area is 117 Å². The maximum Gasteiger partial charge on any atom is 0.130 e. The first kappa shape index (κ1) is 15.4. The van der Waals surface area contributed by atoms with Crippen LogP contribution in [0, 0.1) is 17.0 Å². The molecule has 1 fully saturated rings. The minimum Gasteiger partial charge on any atom is -0.396 e. The first-order valence-electron chi connectivity index (χ1n) is 6.97. The van der Waals surface area contributed by atoms with Gasteiger partial charge in [0.05, 0.1) is 25.2 Å². The van der Waals surface area contributed by atoms with Crippen molar-refractivity contribution in [1.82, 2.24) is 5.32 Å². The Hall–Kier alpha value is -1.04. The molecular formula is C15H21F2NO2. The lowest BCUT2D eigenvalue weighted by Crippen LogP contribution is -2.52. The minimum absolute atomic E-state index is 0.0464. The first-order valence-corrected chi connectivity index (χ1v) is 6.97. The highest BCUT2D eigenvalue weighted by molar-refractivity contribution is 5.22. The van der Waals surface area contributed by atoms with Crippen molar-refractivity contribution in [3.05, 3.63) is 35.4 Å². The van der Waals surface area contributed by atoms with Crippen LogP contribution in [-0.4, -0.2) is 31.5 Å². The molecule has 1 aromatic carbocycles. The second-order valence-corrected chi connectivity index (χ2v) is 5.54. The Kier molecular flexibility index (Phi) is 5.07. The van der Waals surface area contributed by atoms with Gasteiger partial charge in [-0.15, -0.1) is 0 Å². The zero-order valence-electron chi connectivity index (χ0n) is 11.7. The van der Waals surface area contributed by atoms with Gasteiger partial charge in [-0.2, -0.15) is 0 Å². The summed E-state index contributed by atoms with van der Waals surface area (Å²) in [5.74, 6) is -1.10. The molecule has 1 aliphatic heterocycles. The number of halogens is 2. The van der Waals surface area contributed by atoms with Crippen LogP contribution in [0.2, 0.25) is 0 Å². The number of nitrogens with one attached hydrogen (secondary N) is 1. The van der Waals surface area contributed by atoms with E-state index in [0.29, 0.717) is 25.3 Å². The zero-order chi connectivity index (χ0) is 14.6. The molecule has 1 heterocycles. The Balaban J connectivity index is 2.06. The number of hydrogen-bond donors (Lipinski definition) is 2. The summed E-state index contributed by atoms with van der Waals surface area (Å²) in [7, 11) is 0. The van der Waals surface area contributed by atoms with Gasteiger partial charge >= 0.3 is 0 Å². The normalized spacial score (nSPS) is 18.6. The van der Waals surface area contributed by atoms with E-state index in [0.717, 1.165) is 18.9 Å². The van der Waals surface area contributed by atoms with Crippen LogP contribution in [0.25, 0.3) is 0 Å². The van der Waals surface area contributed by atoms with Gasteiger partial charge in [-0.05, 0) is 12.5 Å². The van der Waals surface area contributed by atoms with Gasteiger partial charge in [0.15, 0.2) is 0 Å². The number of ether oxygens (including phenoxy) is 1. The monoisotopic (exact) mass is 285 g/mol. The predicted octanol–water partition coefficient (Wildman–Crippen LogP) is 2.40. The summed E-state index contributed by atoms with van der Waals surface area (Å²) >= 11 is 0. The number of aliphatic hydroxyl groups is 1. The van der Waals surface area contributed by atoms with Gasteiger partial charge in [0.1, 0.15) is 11.6 Å². The van der Waals surface area contributed by atoms with E-state index in [4.69, 9.17) is 4.74 Å². The third kappa shape index (κ3) is 3.34. The molecule has 20 heavy (non-hydrogen) atoms. The molecule has 1 aliphatic rings. The molecule has 0 spiro atoms. The molecular weight excluding hydrogens is 264 g/mol. The lowest BCUT2D eigenvalue weighted by molar-refractivity contribution is -0.135. The highest BCUT2D eigenvalue weighted by Gasteiger charge is 2.38. The Morgan fingerprint density at radius 2 is 2.15 bits per heavy atom. The molecule has 0 amide bonds. The van der Waals surface area contributed by atoms with Gasteiger partial charge in [-0.25, -0.2) is 8.78 Å². The van der Waals surface area contributed by atoms with E-state index in [1.165, 1.54) is 12.1 Å². The molecule has 0 saturated carbocycles. The highest BCUT2D eigenvalue weighted by Crippen LogP contribution is 2.28. The largest absolute Gasteiger partial charge is 0.396 e. The van der Waals surface area contributed by atoms with Crippen LogP contribution in [0.1, 0.15) is 31.4 Å². The highest BCUT2D eigenvalue weighted by atomic mass is 19.1. The lowest BCUT2D eigenvalue weighted by atomic mass is 9.86. The predicted molar refractivity (Wildman–Crippen MR) is 72.3 cm³/mol. The standard InChI is InChI=1S/C15H21F2NO2/c1-2-3-14(12-5-4-11(16)6-13(12)17)18-7-15(8-19)9-20-10-15/h4-6,14,18-19H,2-3,7-10H2,1H3. The fraction of sp³-hybridized carbons (Fsp3) is 0.600. The Bertz CT molecular complexity index is 444. The maximum atomic E-state index is 13.9. The average molecular weight is 285 g/mol. The van der Waals surface area contributed by atoms with Crippen molar-refractivity contribution in [2.75, 3.05) is 26.4 Å². The summed E-state index contributed by atoms with van der Waals surface area (Å²) < 4.78 is 32.0. The first-order chi connectivity index (χ1) is 9.60. The van der Waals surface area contributed by atoms with Gasteiger partial charge in [0, 0.05) is 24.2 Å². The van der Waals surface area contributed by atoms with Crippen molar-refractivity contribution in [3.8, 4) is 0 Å². The zero-order valence-corrected chi connectivity index (χ0v) is 11.7. The van der Waals surface area contributed by atoms with Gasteiger partial charge in [0.2, 0.25) is 0 Å². The summed E-state index contributed by atoms with van der Waals surface area (Å²) in [5, 5.41) is 12.7. The summed E-state index contributed by atoms with van der Waals surface area (Å²) in [6.07, 6.45) is 1.64. The van der Waals surface area contributed by atoms with Crippen LogP contribution in [0.15, 0.2) is 18.2 Å². The Morgan fingerprint density at radius 1 is 1.40 bits per heavy atom. The van der Waals surface area contributed by atoms with Crippen LogP contribution >= 0.6 is 0 Å². The molecule has 0 bridgehead atoms. The molecule has 0 radical (unpaired) electrons. The molecule has 2 N–H and O–H groups in total. The summed E-state index contributed by atoms with van der Waals surface area (Å²) in [6, 6.07) is 3.50. The number of benzene rings is 1. The molecule has 2 rings (SSSR count). The van der Waals surface area contributed by atoms with Gasteiger partial charge in [0.25, 0.3) is 0 Å². The third-order valence-corrected chi connectivity index (χ3v) is 3.79. The Morgan fingerprint density at radius 3 is 2.65 bits per heavy atom. The summed E-state index contributed by atoms with van der Waals surface area (Å²) in [4.78, 5) is 0.